The van der Waals surface area contributed by atoms with E-state index in [2.05, 4.69) is 27.6 Å². The average molecular weight is 244 g/mol. The molecule has 0 unspecified atom stereocenters. The lowest BCUT2D eigenvalue weighted by Gasteiger charge is -2.07. The van der Waals surface area contributed by atoms with Crippen LogP contribution in [0, 0.1) is 0 Å². The number of hydrogen-bond donors (Lipinski definition) is 2. The van der Waals surface area contributed by atoms with Crippen LogP contribution in [-0.2, 0) is 0 Å². The van der Waals surface area contributed by atoms with Crippen LogP contribution in [0.4, 0.5) is 5.82 Å². The Labute approximate surface area is 108 Å². The zero-order valence-corrected chi connectivity index (χ0v) is 10.6. The molecule has 0 saturated heterocycles. The summed E-state index contributed by atoms with van der Waals surface area (Å²) in [6, 6.07) is 8.16. The number of nitrogens with zero attached hydrogens (tertiary/aromatic N) is 2. The molecule has 18 heavy (non-hydrogen) atoms. The van der Waals surface area contributed by atoms with E-state index in [1.165, 1.54) is 12.8 Å². The molecule has 0 radical (unpaired) electrons. The van der Waals surface area contributed by atoms with E-state index >= 15 is 0 Å². The van der Waals surface area contributed by atoms with Gasteiger partial charge in [0, 0.05) is 17.3 Å². The van der Waals surface area contributed by atoms with E-state index in [1.807, 2.05) is 12.1 Å². The molecule has 96 valence electrons. The quantitative estimate of drug-likeness (QED) is 0.735. The first-order chi connectivity index (χ1) is 8.92. The summed E-state index contributed by atoms with van der Waals surface area (Å²) in [5, 5.41) is 13.8. The molecule has 4 heteroatoms. The second-order valence-corrected chi connectivity index (χ2v) is 4.41. The normalized spacial score (nSPS) is 10.7. The van der Waals surface area contributed by atoms with Gasteiger partial charge in [-0.2, -0.15) is 5.10 Å². The summed E-state index contributed by atoms with van der Waals surface area (Å²) in [4.78, 5) is 0. The van der Waals surface area contributed by atoms with Crippen molar-refractivity contribution in [3.8, 4) is 0 Å². The number of fused-ring (bicyclic) bond motifs is 1. The van der Waals surface area contributed by atoms with Crippen LogP contribution < -0.4 is 11.1 Å². The van der Waals surface area contributed by atoms with Gasteiger partial charge in [0.05, 0.1) is 6.20 Å². The molecule has 4 nitrogen and oxygen atoms in total. The number of hydrogen-bond acceptors (Lipinski definition) is 4. The van der Waals surface area contributed by atoms with Gasteiger partial charge in [0.25, 0.3) is 0 Å². The molecule has 1 heterocycles. The molecular formula is C14H20N4. The molecule has 1 aromatic carbocycles. The molecule has 0 saturated carbocycles. The zero-order chi connectivity index (χ0) is 12.6. The van der Waals surface area contributed by atoms with Crippen molar-refractivity contribution in [3.05, 3.63) is 30.5 Å². The van der Waals surface area contributed by atoms with Crippen molar-refractivity contribution >= 4 is 16.6 Å². The van der Waals surface area contributed by atoms with Gasteiger partial charge in [-0.1, -0.05) is 37.1 Å². The summed E-state index contributed by atoms with van der Waals surface area (Å²) >= 11 is 0. The lowest BCUT2D eigenvalue weighted by Crippen LogP contribution is -2.05. The highest BCUT2D eigenvalue weighted by Gasteiger charge is 2.01. The maximum absolute atomic E-state index is 5.46. The molecule has 0 aliphatic rings. The van der Waals surface area contributed by atoms with E-state index < -0.39 is 0 Å². The predicted molar refractivity (Wildman–Crippen MR) is 75.6 cm³/mol. The fourth-order valence-electron chi connectivity index (χ4n) is 1.99. The molecule has 0 aliphatic carbocycles. The van der Waals surface area contributed by atoms with E-state index in [0.29, 0.717) is 0 Å². The van der Waals surface area contributed by atoms with Gasteiger partial charge in [-0.05, 0) is 19.4 Å². The molecule has 0 aliphatic heterocycles. The summed E-state index contributed by atoms with van der Waals surface area (Å²) < 4.78 is 0. The minimum atomic E-state index is 0.794. The van der Waals surface area contributed by atoms with Gasteiger partial charge in [0.2, 0.25) is 0 Å². The largest absolute Gasteiger partial charge is 0.368 e. The molecule has 0 atom stereocenters. The van der Waals surface area contributed by atoms with Crippen LogP contribution in [0.3, 0.4) is 0 Å². The van der Waals surface area contributed by atoms with Crippen molar-refractivity contribution in [2.45, 2.75) is 25.7 Å². The van der Waals surface area contributed by atoms with Crippen molar-refractivity contribution in [2.24, 2.45) is 5.73 Å². The smallest absolute Gasteiger partial charge is 0.156 e. The van der Waals surface area contributed by atoms with Crippen molar-refractivity contribution < 1.29 is 0 Å². The third-order valence-electron chi connectivity index (χ3n) is 2.99. The van der Waals surface area contributed by atoms with Crippen LogP contribution in [-0.4, -0.2) is 23.3 Å². The van der Waals surface area contributed by atoms with Crippen LogP contribution in [0.15, 0.2) is 30.5 Å². The molecule has 2 rings (SSSR count). The first-order valence-electron chi connectivity index (χ1n) is 6.56. The number of unbranched alkanes of at least 4 members (excludes halogenated alkanes) is 3. The number of nitrogens with one attached hydrogen (secondary N) is 1. The maximum Gasteiger partial charge on any atom is 0.156 e. The van der Waals surface area contributed by atoms with E-state index in [9.17, 15) is 0 Å². The Kier molecular flexibility index (Phi) is 4.90. The number of anilines is 1. The monoisotopic (exact) mass is 244 g/mol. The van der Waals surface area contributed by atoms with E-state index in [1.54, 1.807) is 6.20 Å². The number of benzene rings is 1. The Morgan fingerprint density at radius 2 is 1.89 bits per heavy atom. The van der Waals surface area contributed by atoms with Crippen molar-refractivity contribution in [1.82, 2.24) is 10.2 Å². The minimum Gasteiger partial charge on any atom is -0.368 e. The summed E-state index contributed by atoms with van der Waals surface area (Å²) in [6.07, 6.45) is 6.47. The third-order valence-corrected chi connectivity index (χ3v) is 2.99. The molecule has 0 bridgehead atoms. The molecule has 0 amide bonds. The van der Waals surface area contributed by atoms with Gasteiger partial charge in [0.1, 0.15) is 0 Å². The van der Waals surface area contributed by atoms with Crippen LogP contribution in [0.25, 0.3) is 10.8 Å². The van der Waals surface area contributed by atoms with Crippen LogP contribution in [0.1, 0.15) is 25.7 Å². The fraction of sp³-hybridized carbons (Fsp3) is 0.429. The van der Waals surface area contributed by atoms with Crippen LogP contribution in [0.2, 0.25) is 0 Å². The molecule has 2 aromatic rings. The highest BCUT2D eigenvalue weighted by Crippen LogP contribution is 2.19. The second-order valence-electron chi connectivity index (χ2n) is 4.41. The minimum absolute atomic E-state index is 0.794. The van der Waals surface area contributed by atoms with E-state index in [0.717, 1.165) is 42.5 Å². The first kappa shape index (κ1) is 12.8. The summed E-state index contributed by atoms with van der Waals surface area (Å²) in [7, 11) is 0. The Morgan fingerprint density at radius 3 is 2.78 bits per heavy atom. The van der Waals surface area contributed by atoms with Gasteiger partial charge in [-0.3, -0.25) is 0 Å². The lowest BCUT2D eigenvalue weighted by atomic mass is 10.2. The Morgan fingerprint density at radius 1 is 1.06 bits per heavy atom. The SMILES string of the molecule is NCCCCCCNc1nncc2ccccc12. The highest BCUT2D eigenvalue weighted by molar-refractivity contribution is 5.90. The number of aromatic nitrogens is 2. The van der Waals surface area contributed by atoms with Crippen molar-refractivity contribution in [3.63, 3.8) is 0 Å². The van der Waals surface area contributed by atoms with Crippen LogP contribution in [0.5, 0.6) is 0 Å². The third kappa shape index (κ3) is 3.40. The Hall–Kier alpha value is -1.68. The fourth-order valence-corrected chi connectivity index (χ4v) is 1.99. The molecule has 3 N–H and O–H groups in total. The summed E-state index contributed by atoms with van der Waals surface area (Å²) in [5.74, 6) is 0.881. The lowest BCUT2D eigenvalue weighted by molar-refractivity contribution is 0.661. The van der Waals surface area contributed by atoms with Gasteiger partial charge in [0.15, 0.2) is 5.82 Å². The van der Waals surface area contributed by atoms with E-state index in [4.69, 9.17) is 5.73 Å². The van der Waals surface area contributed by atoms with E-state index in [-0.39, 0.29) is 0 Å². The number of rotatable bonds is 7. The number of nitrogens with two attached hydrogens (primary N) is 1. The Bertz CT molecular complexity index is 479. The summed E-state index contributed by atoms with van der Waals surface area (Å²) in [5.41, 5.74) is 5.46. The highest BCUT2D eigenvalue weighted by atomic mass is 15.2. The predicted octanol–water partition coefficient (Wildman–Crippen LogP) is 2.56. The van der Waals surface area contributed by atoms with Gasteiger partial charge >= 0.3 is 0 Å². The summed E-state index contributed by atoms with van der Waals surface area (Å²) in [6.45, 7) is 1.73. The molecule has 0 fully saturated rings. The molecule has 0 spiro atoms. The second kappa shape index (κ2) is 6.91. The van der Waals surface area contributed by atoms with Gasteiger partial charge < -0.3 is 11.1 Å². The molecule has 1 aromatic heterocycles. The average Bonchev–Trinajstić information content (AvgIpc) is 2.43. The Balaban J connectivity index is 1.88. The first-order valence-corrected chi connectivity index (χ1v) is 6.56. The topological polar surface area (TPSA) is 63.8 Å². The van der Waals surface area contributed by atoms with Gasteiger partial charge in [-0.15, -0.1) is 5.10 Å². The van der Waals surface area contributed by atoms with Gasteiger partial charge in [-0.25, -0.2) is 0 Å². The molecular weight excluding hydrogens is 224 g/mol. The van der Waals surface area contributed by atoms with Crippen molar-refractivity contribution in [2.75, 3.05) is 18.4 Å². The standard InChI is InChI=1S/C14H20N4/c15-9-5-1-2-6-10-16-14-13-8-4-3-7-12(13)11-17-18-14/h3-4,7-8,11H,1-2,5-6,9-10,15H2,(H,16,18). The zero-order valence-electron chi connectivity index (χ0n) is 10.6. The van der Waals surface area contributed by atoms with Crippen molar-refractivity contribution in [1.29, 1.82) is 0 Å². The maximum atomic E-state index is 5.46. The van der Waals surface area contributed by atoms with Crippen LogP contribution >= 0.6 is 0 Å².